The van der Waals surface area contributed by atoms with Crippen molar-refractivity contribution in [2.24, 2.45) is 5.92 Å². The van der Waals surface area contributed by atoms with Crippen LogP contribution >= 0.6 is 0 Å². The molecule has 2 atom stereocenters. The number of likely N-dealkylation sites (tertiary alicyclic amines) is 1. The maximum absolute atomic E-state index is 12.3. The molecule has 3 N–H and O–H groups in total. The Hall–Kier alpha value is -2.42. The second-order valence-electron chi connectivity index (χ2n) is 7.26. The van der Waals surface area contributed by atoms with Gasteiger partial charge in [-0.25, -0.2) is 4.68 Å². The highest BCUT2D eigenvalue weighted by Gasteiger charge is 2.31. The number of hydrogen-bond acceptors (Lipinski definition) is 5. The van der Waals surface area contributed by atoms with Crippen molar-refractivity contribution >= 4 is 23.5 Å². The number of anilines is 1. The molecule has 1 aromatic heterocycles. The summed E-state index contributed by atoms with van der Waals surface area (Å²) in [5.74, 6) is -0.646. The van der Waals surface area contributed by atoms with Gasteiger partial charge in [-0.15, -0.1) is 0 Å². The number of rotatable bonds is 3. The Balaban J connectivity index is 1.76. The Morgan fingerprint density at radius 2 is 2.00 bits per heavy atom. The molecule has 0 saturated carbocycles. The van der Waals surface area contributed by atoms with Crippen LogP contribution in [0.5, 0.6) is 0 Å². The van der Waals surface area contributed by atoms with Crippen LogP contribution in [0.15, 0.2) is 6.07 Å². The lowest BCUT2D eigenvalue weighted by Gasteiger charge is -2.34. The first-order chi connectivity index (χ1) is 12.3. The van der Waals surface area contributed by atoms with E-state index in [4.69, 9.17) is 0 Å². The number of amides is 3. The van der Waals surface area contributed by atoms with Crippen LogP contribution in [0.4, 0.5) is 5.82 Å². The number of carbonyl (C=O) groups excluding carboxylic acids is 3. The van der Waals surface area contributed by atoms with Gasteiger partial charge in [0.15, 0.2) is 6.29 Å². The molecule has 2 aliphatic heterocycles. The average molecular weight is 362 g/mol. The third-order valence-electron chi connectivity index (χ3n) is 4.81. The zero-order chi connectivity index (χ0) is 18.8. The highest BCUT2D eigenvalue weighted by atomic mass is 16.2. The van der Waals surface area contributed by atoms with E-state index >= 15 is 0 Å². The number of carbonyl (C=O) groups is 3. The van der Waals surface area contributed by atoms with Crippen molar-refractivity contribution < 1.29 is 14.4 Å². The quantitative estimate of drug-likeness (QED) is 0.672. The van der Waals surface area contributed by atoms with E-state index in [2.05, 4.69) is 21.0 Å². The van der Waals surface area contributed by atoms with Gasteiger partial charge in [-0.1, -0.05) is 13.8 Å². The molecule has 2 unspecified atom stereocenters. The van der Waals surface area contributed by atoms with E-state index in [-0.39, 0.29) is 17.9 Å². The van der Waals surface area contributed by atoms with E-state index in [0.717, 1.165) is 12.8 Å². The van der Waals surface area contributed by atoms with Crippen molar-refractivity contribution in [1.82, 2.24) is 25.3 Å². The lowest BCUT2D eigenvalue weighted by molar-refractivity contribution is -0.142. The number of nitrogens with one attached hydrogen (secondary N) is 3. The lowest BCUT2D eigenvalue weighted by atomic mass is 9.99. The van der Waals surface area contributed by atoms with Crippen molar-refractivity contribution in [2.45, 2.75) is 52.4 Å². The van der Waals surface area contributed by atoms with Gasteiger partial charge in [0.05, 0.1) is 5.69 Å². The Bertz CT molecular complexity index is 707. The van der Waals surface area contributed by atoms with Crippen LogP contribution in [0.3, 0.4) is 0 Å². The fourth-order valence-electron chi connectivity index (χ4n) is 3.31. The first-order valence-corrected chi connectivity index (χ1v) is 9.07. The van der Waals surface area contributed by atoms with Crippen molar-refractivity contribution in [3.05, 3.63) is 11.8 Å². The monoisotopic (exact) mass is 362 g/mol. The Morgan fingerprint density at radius 3 is 2.65 bits per heavy atom. The normalized spacial score (nSPS) is 23.2. The Morgan fingerprint density at radius 1 is 1.31 bits per heavy atom. The topological polar surface area (TPSA) is 108 Å². The maximum Gasteiger partial charge on any atom is 0.315 e. The van der Waals surface area contributed by atoms with Crippen molar-refractivity contribution in [2.75, 3.05) is 18.4 Å². The molecule has 26 heavy (non-hydrogen) atoms. The summed E-state index contributed by atoms with van der Waals surface area (Å²) in [4.78, 5) is 38.2. The summed E-state index contributed by atoms with van der Waals surface area (Å²) in [5, 5.41) is 13.2. The van der Waals surface area contributed by atoms with Gasteiger partial charge in [0, 0.05) is 31.6 Å². The molecule has 0 radical (unpaired) electrons. The Labute approximate surface area is 152 Å². The molecule has 0 aromatic carbocycles. The van der Waals surface area contributed by atoms with E-state index in [1.807, 2.05) is 13.8 Å². The molecule has 3 heterocycles. The molecule has 2 aliphatic rings. The van der Waals surface area contributed by atoms with E-state index in [9.17, 15) is 14.4 Å². The molecule has 9 heteroatoms. The summed E-state index contributed by atoms with van der Waals surface area (Å²) in [7, 11) is 0. The second kappa shape index (κ2) is 7.45. The van der Waals surface area contributed by atoms with Crippen molar-refractivity contribution in [3.8, 4) is 0 Å². The smallest absolute Gasteiger partial charge is 0.315 e. The molecule has 0 aliphatic carbocycles. The molecule has 2 saturated heterocycles. The summed E-state index contributed by atoms with van der Waals surface area (Å²) in [6.07, 6.45) is 1.66. The first kappa shape index (κ1) is 18.4. The molecular formula is C17H26N6O3. The third-order valence-corrected chi connectivity index (χ3v) is 4.81. The van der Waals surface area contributed by atoms with Gasteiger partial charge in [-0.05, 0) is 25.7 Å². The number of hydrogen-bond donors (Lipinski definition) is 3. The van der Waals surface area contributed by atoms with Gasteiger partial charge in [-0.3, -0.25) is 19.7 Å². The summed E-state index contributed by atoms with van der Waals surface area (Å²) in [6, 6.07) is 1.69. The lowest BCUT2D eigenvalue weighted by Crippen LogP contribution is -2.55. The highest BCUT2D eigenvalue weighted by Crippen LogP contribution is 2.20. The first-order valence-electron chi connectivity index (χ1n) is 9.07. The molecular weight excluding hydrogens is 336 g/mol. The van der Waals surface area contributed by atoms with Crippen LogP contribution < -0.4 is 16.0 Å². The van der Waals surface area contributed by atoms with Gasteiger partial charge < -0.3 is 15.5 Å². The van der Waals surface area contributed by atoms with Crippen LogP contribution in [0.2, 0.25) is 0 Å². The number of nitrogens with zero attached hydrogens (tertiary/aromatic N) is 3. The molecule has 2 fully saturated rings. The molecule has 3 amide bonds. The summed E-state index contributed by atoms with van der Waals surface area (Å²) in [6.45, 7) is 7.10. The molecule has 1 aromatic rings. The molecule has 142 valence electrons. The summed E-state index contributed by atoms with van der Waals surface area (Å²) in [5.41, 5.74) is 0.677. The predicted octanol–water partition coefficient (Wildman–Crippen LogP) is 0.343. The van der Waals surface area contributed by atoms with E-state index < -0.39 is 18.1 Å². The largest absolute Gasteiger partial charge is 0.334 e. The third kappa shape index (κ3) is 3.87. The van der Waals surface area contributed by atoms with Crippen molar-refractivity contribution in [1.29, 1.82) is 0 Å². The summed E-state index contributed by atoms with van der Waals surface area (Å²) >= 11 is 0. The Kier molecular flexibility index (Phi) is 5.26. The second-order valence-corrected chi connectivity index (χ2v) is 7.26. The maximum atomic E-state index is 12.3. The van der Waals surface area contributed by atoms with Gasteiger partial charge in [0.25, 0.3) is 0 Å². The SMILES string of the molecule is Cc1cc(NC(=O)C(=O)N2CCCC2)n(C2NC(=O)CC(C(C)C)N2)n1. The molecule has 0 bridgehead atoms. The van der Waals surface area contributed by atoms with Gasteiger partial charge in [-0.2, -0.15) is 5.10 Å². The molecule has 0 spiro atoms. The fourth-order valence-corrected chi connectivity index (χ4v) is 3.31. The minimum Gasteiger partial charge on any atom is -0.334 e. The standard InChI is InChI=1S/C17H26N6O3/c1-10(2)12-9-14(24)20-17(18-12)23-13(8-11(3)21-23)19-15(25)16(26)22-6-4-5-7-22/h8,10,12,17-18H,4-7,9H2,1-3H3,(H,19,25)(H,20,24). The van der Waals surface area contributed by atoms with Gasteiger partial charge >= 0.3 is 11.8 Å². The highest BCUT2D eigenvalue weighted by molar-refractivity contribution is 6.39. The van der Waals surface area contributed by atoms with Gasteiger partial charge in [0.1, 0.15) is 5.82 Å². The predicted molar refractivity (Wildman–Crippen MR) is 95.0 cm³/mol. The number of aromatic nitrogens is 2. The van der Waals surface area contributed by atoms with Crippen LogP contribution in [0.1, 0.15) is 45.1 Å². The van der Waals surface area contributed by atoms with Crippen LogP contribution in [-0.2, 0) is 14.4 Å². The minimum absolute atomic E-state index is 0.00744. The van der Waals surface area contributed by atoms with Crippen LogP contribution in [0.25, 0.3) is 0 Å². The van der Waals surface area contributed by atoms with E-state index in [1.165, 1.54) is 4.68 Å². The zero-order valence-electron chi connectivity index (χ0n) is 15.4. The molecule has 9 nitrogen and oxygen atoms in total. The number of aryl methyl sites for hydroxylation is 1. The zero-order valence-corrected chi connectivity index (χ0v) is 15.4. The van der Waals surface area contributed by atoms with E-state index in [1.54, 1.807) is 17.9 Å². The molecule has 3 rings (SSSR count). The minimum atomic E-state index is -0.685. The average Bonchev–Trinajstić information content (AvgIpc) is 3.23. The van der Waals surface area contributed by atoms with Crippen molar-refractivity contribution in [3.63, 3.8) is 0 Å². The van der Waals surface area contributed by atoms with Crippen LogP contribution in [-0.4, -0.2) is 51.5 Å². The summed E-state index contributed by atoms with van der Waals surface area (Å²) < 4.78 is 1.51. The van der Waals surface area contributed by atoms with E-state index in [0.29, 0.717) is 31.0 Å². The fraction of sp³-hybridized carbons (Fsp3) is 0.647. The van der Waals surface area contributed by atoms with Crippen LogP contribution in [0, 0.1) is 12.8 Å². The van der Waals surface area contributed by atoms with Gasteiger partial charge in [0.2, 0.25) is 5.91 Å².